The molecule has 0 spiro atoms. The number of amides is 1. The Morgan fingerprint density at radius 1 is 1.41 bits per heavy atom. The molecule has 2 N–H and O–H groups in total. The predicted octanol–water partition coefficient (Wildman–Crippen LogP) is 3.19. The Hall–Kier alpha value is -3.41. The number of aromatic amines is 1. The lowest BCUT2D eigenvalue weighted by Gasteiger charge is -2.20. The number of nitrogens with one attached hydrogen (secondary N) is 2. The molecule has 0 fully saturated rings. The molecule has 1 heterocycles. The predicted molar refractivity (Wildman–Crippen MR) is 103 cm³/mol. The molecule has 29 heavy (non-hydrogen) atoms. The van der Waals surface area contributed by atoms with Crippen LogP contribution in [0.3, 0.4) is 0 Å². The van der Waals surface area contributed by atoms with Crippen LogP contribution in [0.4, 0.5) is 13.2 Å². The molecule has 6 nitrogen and oxygen atoms in total. The number of carbonyl (C=O) groups excluding carboxylic acids is 1. The average Bonchev–Trinajstić information content (AvgIpc) is 2.68. The van der Waals surface area contributed by atoms with E-state index in [-0.39, 0.29) is 16.6 Å². The van der Waals surface area contributed by atoms with Crippen LogP contribution in [0.5, 0.6) is 0 Å². The number of allylic oxidation sites excluding steroid dienone is 1. The number of hydrogen-bond donors (Lipinski definition) is 2. The Kier molecular flexibility index (Phi) is 6.59. The van der Waals surface area contributed by atoms with Crippen LogP contribution in [-0.2, 0) is 10.7 Å². The van der Waals surface area contributed by atoms with Crippen LogP contribution in [0.2, 0.25) is 0 Å². The van der Waals surface area contributed by atoms with Crippen LogP contribution in [0.1, 0.15) is 25.8 Å². The van der Waals surface area contributed by atoms with Gasteiger partial charge in [-0.2, -0.15) is 14.0 Å². The van der Waals surface area contributed by atoms with Gasteiger partial charge in [-0.1, -0.05) is 6.92 Å². The fourth-order valence-electron chi connectivity index (χ4n) is 2.67. The number of benzene rings is 1. The molecular weight excluding hydrogens is 385 g/mol. The third kappa shape index (κ3) is 4.71. The third-order valence-corrected chi connectivity index (χ3v) is 4.33. The van der Waals surface area contributed by atoms with Gasteiger partial charge in [-0.25, -0.2) is 4.39 Å². The minimum atomic E-state index is -4.17. The topological polar surface area (TPSA) is 98.1 Å². The number of hydrogen-bond acceptors (Lipinski definition) is 4. The Morgan fingerprint density at radius 2 is 2.10 bits per heavy atom. The van der Waals surface area contributed by atoms with Crippen molar-refractivity contribution >= 4 is 22.5 Å². The summed E-state index contributed by atoms with van der Waals surface area (Å²) in [5.41, 5.74) is -1.50. The van der Waals surface area contributed by atoms with Crippen molar-refractivity contribution in [2.75, 3.05) is 7.05 Å². The van der Waals surface area contributed by atoms with Crippen molar-refractivity contribution in [3.63, 3.8) is 0 Å². The van der Waals surface area contributed by atoms with Crippen LogP contribution >= 0.6 is 0 Å². The molecule has 0 saturated heterocycles. The summed E-state index contributed by atoms with van der Waals surface area (Å²) in [6.07, 6.45) is 1.82. The number of nitriles is 1. The Balaban J connectivity index is 2.36. The summed E-state index contributed by atoms with van der Waals surface area (Å²) in [6.45, 7) is 3.17. The molecule has 1 aromatic carbocycles. The highest BCUT2D eigenvalue weighted by atomic mass is 19.3. The minimum Gasteiger partial charge on any atom is -0.342 e. The Morgan fingerprint density at radius 3 is 2.69 bits per heavy atom. The van der Waals surface area contributed by atoms with E-state index >= 15 is 0 Å². The highest BCUT2D eigenvalue weighted by Gasteiger charge is 2.44. The van der Waals surface area contributed by atoms with Gasteiger partial charge >= 0.3 is 5.92 Å². The standard InChI is InChI=1S/C20H19F3N4O2/c1-4-12(10-24)7-17(25-3)11(2)26-19(29)20(22,23)15-9-13-8-14(21)5-6-16(13)27-18(15)28/h5-9,11H,4H2,1-3H3,(H,26,29)(H,27,28)/b12-7+,25-17?. The van der Waals surface area contributed by atoms with Crippen molar-refractivity contribution in [2.24, 2.45) is 4.99 Å². The number of H-pyrrole nitrogens is 1. The number of carbonyl (C=O) groups is 1. The van der Waals surface area contributed by atoms with Crippen LogP contribution < -0.4 is 10.9 Å². The lowest BCUT2D eigenvalue weighted by atomic mass is 10.0. The van der Waals surface area contributed by atoms with Gasteiger partial charge in [0.05, 0.1) is 23.4 Å². The number of aliphatic imine (C=N–C) groups is 1. The van der Waals surface area contributed by atoms with Crippen LogP contribution in [0, 0.1) is 17.1 Å². The molecule has 0 aliphatic rings. The molecule has 0 aliphatic carbocycles. The molecule has 1 amide bonds. The molecule has 1 aromatic heterocycles. The molecule has 1 atom stereocenters. The molecular formula is C20H19F3N4O2. The quantitative estimate of drug-likeness (QED) is 0.571. The van der Waals surface area contributed by atoms with Crippen molar-refractivity contribution in [2.45, 2.75) is 32.2 Å². The maximum atomic E-state index is 14.7. The van der Waals surface area contributed by atoms with Crippen LogP contribution in [0.15, 0.2) is 45.7 Å². The first kappa shape index (κ1) is 21.9. The maximum absolute atomic E-state index is 14.7. The van der Waals surface area contributed by atoms with Gasteiger partial charge < -0.3 is 10.3 Å². The molecule has 2 rings (SSSR count). The lowest BCUT2D eigenvalue weighted by Crippen LogP contribution is -2.47. The Bertz CT molecular complexity index is 1100. The molecule has 152 valence electrons. The largest absolute Gasteiger partial charge is 0.355 e. The summed E-state index contributed by atoms with van der Waals surface area (Å²) in [6, 6.07) is 5.11. The van der Waals surface area contributed by atoms with Gasteiger partial charge in [-0.3, -0.25) is 14.6 Å². The van der Waals surface area contributed by atoms with Crippen LogP contribution in [-0.4, -0.2) is 29.7 Å². The van der Waals surface area contributed by atoms with Gasteiger partial charge in [-0.05, 0) is 43.7 Å². The molecule has 1 unspecified atom stereocenters. The van der Waals surface area contributed by atoms with Crippen molar-refractivity contribution < 1.29 is 18.0 Å². The van der Waals surface area contributed by atoms with E-state index in [1.807, 2.05) is 6.07 Å². The van der Waals surface area contributed by atoms with Gasteiger partial charge in [-0.15, -0.1) is 0 Å². The second-order valence-electron chi connectivity index (χ2n) is 6.30. The van der Waals surface area contributed by atoms with E-state index in [1.54, 1.807) is 6.92 Å². The first-order valence-electron chi connectivity index (χ1n) is 8.73. The number of alkyl halides is 2. The van der Waals surface area contributed by atoms with Gasteiger partial charge in [0.2, 0.25) is 0 Å². The summed E-state index contributed by atoms with van der Waals surface area (Å²) in [4.78, 5) is 30.5. The number of halogens is 3. The van der Waals surface area contributed by atoms with Gasteiger partial charge in [0.1, 0.15) is 5.82 Å². The molecule has 0 saturated carbocycles. The number of rotatable bonds is 6. The maximum Gasteiger partial charge on any atom is 0.355 e. The van der Waals surface area contributed by atoms with Gasteiger partial charge in [0.25, 0.3) is 11.5 Å². The smallest absolute Gasteiger partial charge is 0.342 e. The first-order valence-corrected chi connectivity index (χ1v) is 8.73. The Labute approximate surface area is 164 Å². The second-order valence-corrected chi connectivity index (χ2v) is 6.30. The zero-order chi connectivity index (χ0) is 21.8. The zero-order valence-corrected chi connectivity index (χ0v) is 16.0. The van der Waals surface area contributed by atoms with Crippen LogP contribution in [0.25, 0.3) is 10.9 Å². The summed E-state index contributed by atoms with van der Waals surface area (Å²) >= 11 is 0. The zero-order valence-electron chi connectivity index (χ0n) is 16.0. The van der Waals surface area contributed by atoms with E-state index in [9.17, 15) is 22.8 Å². The number of nitrogens with zero attached hydrogens (tertiary/aromatic N) is 2. The molecule has 2 aromatic rings. The van der Waals surface area contributed by atoms with Crippen molar-refractivity contribution in [1.82, 2.24) is 10.3 Å². The normalized spacial score (nSPS) is 13.8. The highest BCUT2D eigenvalue weighted by molar-refractivity contribution is 6.02. The number of fused-ring (bicyclic) bond motifs is 1. The number of pyridine rings is 1. The molecule has 0 aliphatic heterocycles. The second kappa shape index (κ2) is 8.73. The first-order chi connectivity index (χ1) is 13.6. The summed E-state index contributed by atoms with van der Waals surface area (Å²) in [5.74, 6) is -6.55. The van der Waals surface area contributed by atoms with E-state index in [0.29, 0.717) is 12.0 Å². The van der Waals surface area contributed by atoms with E-state index < -0.39 is 34.8 Å². The number of aromatic nitrogens is 1. The molecule has 9 heteroatoms. The van der Waals surface area contributed by atoms with Crippen molar-refractivity contribution in [3.8, 4) is 6.07 Å². The SMILES string of the molecule is CC/C(C#N)=C\C(=NC)C(C)NC(=O)C(F)(F)c1cc2cc(F)ccc2[nH]c1=O. The lowest BCUT2D eigenvalue weighted by molar-refractivity contribution is -0.147. The summed E-state index contributed by atoms with van der Waals surface area (Å²) in [7, 11) is 1.40. The molecule has 0 radical (unpaired) electrons. The molecule has 0 bridgehead atoms. The fraction of sp³-hybridized carbons (Fsp3) is 0.300. The average molecular weight is 404 g/mol. The van der Waals surface area contributed by atoms with Crippen molar-refractivity contribution in [1.29, 1.82) is 5.26 Å². The van der Waals surface area contributed by atoms with E-state index in [0.717, 1.165) is 18.2 Å². The van der Waals surface area contributed by atoms with E-state index in [2.05, 4.69) is 15.3 Å². The van der Waals surface area contributed by atoms with E-state index in [4.69, 9.17) is 5.26 Å². The van der Waals surface area contributed by atoms with Gasteiger partial charge in [0.15, 0.2) is 0 Å². The highest BCUT2D eigenvalue weighted by Crippen LogP contribution is 2.28. The monoisotopic (exact) mass is 404 g/mol. The third-order valence-electron chi connectivity index (χ3n) is 4.33. The van der Waals surface area contributed by atoms with Gasteiger partial charge in [0, 0.05) is 23.5 Å². The van der Waals surface area contributed by atoms with E-state index in [1.165, 1.54) is 26.1 Å². The van der Waals surface area contributed by atoms with Crippen molar-refractivity contribution in [3.05, 3.63) is 57.6 Å². The fourth-order valence-corrected chi connectivity index (χ4v) is 2.67. The summed E-state index contributed by atoms with van der Waals surface area (Å²) < 4.78 is 42.8. The summed E-state index contributed by atoms with van der Waals surface area (Å²) in [5, 5.41) is 11.1. The minimum absolute atomic E-state index is 0.0282.